The second-order valence-corrected chi connectivity index (χ2v) is 4.94. The van der Waals surface area contributed by atoms with Crippen LogP contribution >= 0.6 is 0 Å². The standard InChI is InChI=1S/C16H14N4O3/c1-10-14-11(16(21)22-2)9-12(13-5-3-8-23-13)18-15(14)20(19-10)7-4-6-17/h3,5,8-9H,4,7H2,1-2H3. The number of aryl methyl sites for hydroxylation is 2. The Kier molecular flexibility index (Phi) is 3.81. The lowest BCUT2D eigenvalue weighted by molar-refractivity contribution is 0.0603. The number of nitriles is 1. The van der Waals surface area contributed by atoms with Crippen molar-refractivity contribution in [1.29, 1.82) is 5.26 Å². The molecule has 0 spiro atoms. The van der Waals surface area contributed by atoms with Gasteiger partial charge in [0, 0.05) is 0 Å². The maximum absolute atomic E-state index is 12.2. The van der Waals surface area contributed by atoms with Gasteiger partial charge in [-0.1, -0.05) is 0 Å². The first kappa shape index (κ1) is 14.8. The molecule has 0 aliphatic heterocycles. The number of hydrogen-bond acceptors (Lipinski definition) is 6. The maximum atomic E-state index is 12.2. The van der Waals surface area contributed by atoms with Gasteiger partial charge in [-0.2, -0.15) is 10.4 Å². The van der Waals surface area contributed by atoms with Crippen molar-refractivity contribution in [2.45, 2.75) is 19.9 Å². The fourth-order valence-corrected chi connectivity index (χ4v) is 2.49. The number of hydrogen-bond donors (Lipinski definition) is 0. The van der Waals surface area contributed by atoms with E-state index in [0.29, 0.717) is 46.7 Å². The van der Waals surface area contributed by atoms with Crippen LogP contribution in [0.2, 0.25) is 0 Å². The summed E-state index contributed by atoms with van der Waals surface area (Å²) < 4.78 is 11.9. The number of carbonyl (C=O) groups excluding carboxylic acids is 1. The van der Waals surface area contributed by atoms with Crippen molar-refractivity contribution >= 4 is 17.0 Å². The maximum Gasteiger partial charge on any atom is 0.338 e. The number of pyridine rings is 1. The van der Waals surface area contributed by atoms with E-state index < -0.39 is 5.97 Å². The summed E-state index contributed by atoms with van der Waals surface area (Å²) in [5.74, 6) is 0.0795. The third-order valence-corrected chi connectivity index (χ3v) is 3.49. The SMILES string of the molecule is COC(=O)c1cc(-c2ccco2)nc2c1c(C)nn2CCC#N. The van der Waals surface area contributed by atoms with E-state index in [1.807, 2.05) is 0 Å². The highest BCUT2D eigenvalue weighted by molar-refractivity contribution is 6.04. The second kappa shape index (κ2) is 5.93. The number of rotatable bonds is 4. The molecule has 0 fully saturated rings. The number of methoxy groups -OCH3 is 1. The zero-order chi connectivity index (χ0) is 16.4. The van der Waals surface area contributed by atoms with E-state index in [0.717, 1.165) is 0 Å². The number of aromatic nitrogens is 3. The van der Waals surface area contributed by atoms with E-state index >= 15 is 0 Å². The topological polar surface area (TPSA) is 93.9 Å². The first-order chi connectivity index (χ1) is 11.2. The fourth-order valence-electron chi connectivity index (χ4n) is 2.49. The Hall–Kier alpha value is -3.14. The molecule has 0 bridgehead atoms. The lowest BCUT2D eigenvalue weighted by Gasteiger charge is -2.06. The normalized spacial score (nSPS) is 10.7. The van der Waals surface area contributed by atoms with Crippen molar-refractivity contribution in [3.8, 4) is 17.5 Å². The van der Waals surface area contributed by atoms with Crippen LogP contribution in [0.5, 0.6) is 0 Å². The molecular weight excluding hydrogens is 296 g/mol. The summed E-state index contributed by atoms with van der Waals surface area (Å²) >= 11 is 0. The Balaban J connectivity index is 2.28. The van der Waals surface area contributed by atoms with Crippen LogP contribution in [0, 0.1) is 18.3 Å². The summed E-state index contributed by atoms with van der Waals surface area (Å²) in [6, 6.07) is 7.23. The van der Waals surface area contributed by atoms with Gasteiger partial charge in [-0.3, -0.25) is 0 Å². The molecule has 3 aromatic rings. The van der Waals surface area contributed by atoms with Crippen molar-refractivity contribution in [2.75, 3.05) is 7.11 Å². The smallest absolute Gasteiger partial charge is 0.338 e. The molecule has 7 nitrogen and oxygen atoms in total. The van der Waals surface area contributed by atoms with Gasteiger partial charge < -0.3 is 9.15 Å². The number of nitrogens with zero attached hydrogens (tertiary/aromatic N) is 4. The number of carbonyl (C=O) groups is 1. The summed E-state index contributed by atoms with van der Waals surface area (Å²) in [6.45, 7) is 2.20. The Morgan fingerprint density at radius 3 is 3.00 bits per heavy atom. The molecule has 7 heteroatoms. The summed E-state index contributed by atoms with van der Waals surface area (Å²) in [4.78, 5) is 16.7. The molecule has 0 aromatic carbocycles. The highest BCUT2D eigenvalue weighted by atomic mass is 16.5. The molecule has 23 heavy (non-hydrogen) atoms. The van der Waals surface area contributed by atoms with E-state index in [9.17, 15) is 4.79 Å². The zero-order valence-corrected chi connectivity index (χ0v) is 12.7. The van der Waals surface area contributed by atoms with E-state index in [2.05, 4.69) is 16.2 Å². The first-order valence-corrected chi connectivity index (χ1v) is 7.03. The van der Waals surface area contributed by atoms with Crippen LogP contribution in [0.3, 0.4) is 0 Å². The molecule has 0 saturated carbocycles. The van der Waals surface area contributed by atoms with Crippen LogP contribution < -0.4 is 0 Å². The van der Waals surface area contributed by atoms with Gasteiger partial charge in [0.05, 0.1) is 49.1 Å². The van der Waals surface area contributed by atoms with Crippen LogP contribution in [0.25, 0.3) is 22.5 Å². The van der Waals surface area contributed by atoms with E-state index in [1.54, 1.807) is 29.8 Å². The molecule has 0 unspecified atom stereocenters. The minimum atomic E-state index is -0.465. The van der Waals surface area contributed by atoms with Crippen molar-refractivity contribution in [3.05, 3.63) is 35.7 Å². The Morgan fingerprint density at radius 1 is 1.52 bits per heavy atom. The van der Waals surface area contributed by atoms with Gasteiger partial charge >= 0.3 is 5.97 Å². The highest BCUT2D eigenvalue weighted by Crippen LogP contribution is 2.28. The average Bonchev–Trinajstić information content (AvgIpc) is 3.20. The van der Waals surface area contributed by atoms with Gasteiger partial charge in [-0.25, -0.2) is 14.5 Å². The van der Waals surface area contributed by atoms with Crippen LogP contribution in [-0.2, 0) is 11.3 Å². The summed E-state index contributed by atoms with van der Waals surface area (Å²) in [5, 5.41) is 13.8. The minimum absolute atomic E-state index is 0.302. The Labute approximate surface area is 132 Å². The predicted molar refractivity (Wildman–Crippen MR) is 81.5 cm³/mol. The predicted octanol–water partition coefficient (Wildman–Crippen LogP) is 2.70. The molecule has 0 saturated heterocycles. The number of furan rings is 1. The van der Waals surface area contributed by atoms with Gasteiger partial charge in [-0.05, 0) is 25.1 Å². The summed E-state index contributed by atoms with van der Waals surface area (Å²) in [6.07, 6.45) is 1.84. The third-order valence-electron chi connectivity index (χ3n) is 3.49. The quantitative estimate of drug-likeness (QED) is 0.688. The number of ether oxygens (including phenoxy) is 1. The molecule has 116 valence electrons. The van der Waals surface area contributed by atoms with E-state index in [4.69, 9.17) is 14.4 Å². The highest BCUT2D eigenvalue weighted by Gasteiger charge is 2.21. The first-order valence-electron chi connectivity index (χ1n) is 7.03. The van der Waals surface area contributed by atoms with Gasteiger partial charge in [-0.15, -0.1) is 0 Å². The molecule has 0 atom stereocenters. The van der Waals surface area contributed by atoms with Crippen LogP contribution in [0.1, 0.15) is 22.5 Å². The molecule has 0 amide bonds. The van der Waals surface area contributed by atoms with Gasteiger partial charge in [0.2, 0.25) is 0 Å². The monoisotopic (exact) mass is 310 g/mol. The second-order valence-electron chi connectivity index (χ2n) is 4.94. The van der Waals surface area contributed by atoms with E-state index in [1.165, 1.54) is 13.4 Å². The van der Waals surface area contributed by atoms with E-state index in [-0.39, 0.29) is 0 Å². The lowest BCUT2D eigenvalue weighted by atomic mass is 10.1. The van der Waals surface area contributed by atoms with Gasteiger partial charge in [0.15, 0.2) is 11.4 Å². The fraction of sp³-hybridized carbons (Fsp3) is 0.250. The Morgan fingerprint density at radius 2 is 2.35 bits per heavy atom. The molecule has 3 aromatic heterocycles. The molecule has 0 aliphatic rings. The zero-order valence-electron chi connectivity index (χ0n) is 12.7. The largest absolute Gasteiger partial charge is 0.465 e. The molecule has 0 N–H and O–H groups in total. The van der Waals surface area contributed by atoms with Crippen LogP contribution in [-0.4, -0.2) is 27.8 Å². The van der Waals surface area contributed by atoms with Gasteiger partial charge in [0.1, 0.15) is 5.69 Å². The molecular formula is C16H14N4O3. The average molecular weight is 310 g/mol. The summed E-state index contributed by atoms with van der Waals surface area (Å²) in [5.41, 5.74) is 2.09. The van der Waals surface area contributed by atoms with Crippen LogP contribution in [0.4, 0.5) is 0 Å². The summed E-state index contributed by atoms with van der Waals surface area (Å²) in [7, 11) is 1.33. The lowest BCUT2D eigenvalue weighted by Crippen LogP contribution is -2.05. The molecule has 3 rings (SSSR count). The van der Waals surface area contributed by atoms with Crippen LogP contribution in [0.15, 0.2) is 28.9 Å². The third kappa shape index (κ3) is 2.55. The Bertz CT molecular complexity index is 904. The number of fused-ring (bicyclic) bond motifs is 1. The van der Waals surface area contributed by atoms with Crippen molar-refractivity contribution in [1.82, 2.24) is 14.8 Å². The molecule has 0 aliphatic carbocycles. The van der Waals surface area contributed by atoms with Crippen molar-refractivity contribution < 1.29 is 13.9 Å². The van der Waals surface area contributed by atoms with Gasteiger partial charge in [0.25, 0.3) is 0 Å². The molecule has 0 radical (unpaired) electrons. The van der Waals surface area contributed by atoms with Crippen molar-refractivity contribution in [2.24, 2.45) is 0 Å². The minimum Gasteiger partial charge on any atom is -0.465 e. The van der Waals surface area contributed by atoms with Crippen molar-refractivity contribution in [3.63, 3.8) is 0 Å². The molecule has 3 heterocycles. The number of esters is 1.